The number of hydrogen-bond acceptors (Lipinski definition) is 6. The molecule has 0 saturated heterocycles. The van der Waals surface area contributed by atoms with Crippen molar-refractivity contribution in [2.75, 3.05) is 6.54 Å². The van der Waals surface area contributed by atoms with Crippen LogP contribution in [0.15, 0.2) is 0 Å². The molecule has 150 valence electrons. The highest BCUT2D eigenvalue weighted by Crippen LogP contribution is 2.07. The van der Waals surface area contributed by atoms with Crippen LogP contribution >= 0.6 is 0 Å². The van der Waals surface area contributed by atoms with Gasteiger partial charge in [-0.05, 0) is 46.5 Å². The van der Waals surface area contributed by atoms with Crippen LogP contribution in [0.25, 0.3) is 0 Å². The maximum atomic E-state index is 11.9. The molecule has 0 aliphatic heterocycles. The van der Waals surface area contributed by atoms with E-state index in [0.29, 0.717) is 25.8 Å². The van der Waals surface area contributed by atoms with Crippen molar-refractivity contribution in [1.82, 2.24) is 10.6 Å². The molecule has 10 heteroatoms. The van der Waals surface area contributed by atoms with Crippen LogP contribution in [0.3, 0.4) is 0 Å². The molecule has 0 aromatic heterocycles. The third-order valence-corrected chi connectivity index (χ3v) is 3.21. The zero-order valence-electron chi connectivity index (χ0n) is 15.4. The van der Waals surface area contributed by atoms with Crippen LogP contribution in [0.5, 0.6) is 0 Å². The molecular formula is C16H29N3O7. The molecule has 26 heavy (non-hydrogen) atoms. The molecule has 0 saturated carbocycles. The lowest BCUT2D eigenvalue weighted by Crippen LogP contribution is -2.48. The number of carboxylic acids is 2. The van der Waals surface area contributed by atoms with Crippen LogP contribution in [-0.2, 0) is 19.1 Å². The first-order chi connectivity index (χ1) is 11.9. The summed E-state index contributed by atoms with van der Waals surface area (Å²) in [6, 6.07) is -2.21. The Labute approximate surface area is 152 Å². The third kappa shape index (κ3) is 12.1. The summed E-state index contributed by atoms with van der Waals surface area (Å²) in [6.45, 7) is 5.63. The van der Waals surface area contributed by atoms with Crippen molar-refractivity contribution >= 4 is 23.9 Å². The Bertz CT molecular complexity index is 503. The summed E-state index contributed by atoms with van der Waals surface area (Å²) in [6.07, 6.45) is 0.291. The number of amides is 2. The molecule has 0 aliphatic rings. The van der Waals surface area contributed by atoms with E-state index in [2.05, 4.69) is 10.6 Å². The van der Waals surface area contributed by atoms with Crippen molar-refractivity contribution in [3.63, 3.8) is 0 Å². The van der Waals surface area contributed by atoms with Gasteiger partial charge in [0.05, 0.1) is 6.04 Å². The van der Waals surface area contributed by atoms with Crippen molar-refractivity contribution in [2.24, 2.45) is 5.73 Å². The molecule has 0 radical (unpaired) electrons. The van der Waals surface area contributed by atoms with Gasteiger partial charge in [0.2, 0.25) is 5.91 Å². The summed E-state index contributed by atoms with van der Waals surface area (Å²) in [5.41, 5.74) is 5.14. The number of carboxylic acid groups (broad SMARTS) is 2. The minimum Gasteiger partial charge on any atom is -0.481 e. The highest BCUT2D eigenvalue weighted by Gasteiger charge is 2.23. The fourth-order valence-electron chi connectivity index (χ4n) is 1.93. The first kappa shape index (κ1) is 23.6. The van der Waals surface area contributed by atoms with Gasteiger partial charge in [-0.25, -0.2) is 9.59 Å². The Kier molecular flexibility index (Phi) is 10.3. The van der Waals surface area contributed by atoms with E-state index < -0.39 is 41.6 Å². The Morgan fingerprint density at radius 3 is 2.19 bits per heavy atom. The average Bonchev–Trinajstić information content (AvgIpc) is 2.48. The number of rotatable bonds is 11. The topological polar surface area (TPSA) is 168 Å². The van der Waals surface area contributed by atoms with Gasteiger partial charge >= 0.3 is 18.0 Å². The number of hydrogen-bond donors (Lipinski definition) is 5. The van der Waals surface area contributed by atoms with Gasteiger partial charge in [0.25, 0.3) is 0 Å². The van der Waals surface area contributed by atoms with Gasteiger partial charge in [0.1, 0.15) is 11.6 Å². The third-order valence-electron chi connectivity index (χ3n) is 3.21. The van der Waals surface area contributed by atoms with E-state index in [4.69, 9.17) is 20.7 Å². The maximum absolute atomic E-state index is 11.9. The molecular weight excluding hydrogens is 346 g/mol. The van der Waals surface area contributed by atoms with Crippen LogP contribution in [0, 0.1) is 0 Å². The van der Waals surface area contributed by atoms with Crippen LogP contribution in [-0.4, -0.2) is 58.4 Å². The van der Waals surface area contributed by atoms with E-state index in [1.54, 1.807) is 20.8 Å². The molecule has 0 fully saturated rings. The van der Waals surface area contributed by atoms with Crippen molar-refractivity contribution in [3.8, 4) is 0 Å². The summed E-state index contributed by atoms with van der Waals surface area (Å²) >= 11 is 0. The summed E-state index contributed by atoms with van der Waals surface area (Å²) in [4.78, 5) is 44.9. The highest BCUT2D eigenvalue weighted by atomic mass is 16.6. The van der Waals surface area contributed by atoms with E-state index >= 15 is 0 Å². The van der Waals surface area contributed by atoms with Gasteiger partial charge in [-0.3, -0.25) is 9.59 Å². The fourth-order valence-corrected chi connectivity index (χ4v) is 1.93. The SMILES string of the molecule is CC(C)(C)OC(=O)NCCCC[C@H](N)C(=O)N[C@@H](CCC(=O)O)C(=O)O. The fraction of sp³-hybridized carbons (Fsp3) is 0.750. The van der Waals surface area contributed by atoms with Crippen LogP contribution in [0.2, 0.25) is 0 Å². The van der Waals surface area contributed by atoms with E-state index in [9.17, 15) is 19.2 Å². The van der Waals surface area contributed by atoms with E-state index in [0.717, 1.165) is 0 Å². The molecule has 0 heterocycles. The van der Waals surface area contributed by atoms with E-state index in [1.807, 2.05) is 0 Å². The highest BCUT2D eigenvalue weighted by molar-refractivity contribution is 5.87. The van der Waals surface area contributed by atoms with Crippen molar-refractivity contribution in [2.45, 2.75) is 70.6 Å². The number of ether oxygens (including phenoxy) is 1. The lowest BCUT2D eigenvalue weighted by Gasteiger charge is -2.19. The second-order valence-corrected chi connectivity index (χ2v) is 6.86. The molecule has 2 amide bonds. The van der Waals surface area contributed by atoms with Crippen molar-refractivity contribution in [3.05, 3.63) is 0 Å². The zero-order chi connectivity index (χ0) is 20.3. The van der Waals surface area contributed by atoms with Crippen molar-refractivity contribution in [1.29, 1.82) is 0 Å². The lowest BCUT2D eigenvalue weighted by molar-refractivity contribution is -0.143. The quantitative estimate of drug-likeness (QED) is 0.324. The normalized spacial score (nSPS) is 13.4. The molecule has 10 nitrogen and oxygen atoms in total. The number of carbonyl (C=O) groups excluding carboxylic acids is 2. The molecule has 0 aliphatic carbocycles. The Morgan fingerprint density at radius 2 is 1.69 bits per heavy atom. The standard InChI is InChI=1S/C16H29N3O7/c1-16(2,3)26-15(25)18-9-5-4-6-10(17)13(22)19-11(14(23)24)7-8-12(20)21/h10-11H,4-9,17H2,1-3H3,(H,18,25)(H,19,22)(H,20,21)(H,23,24)/t10-,11-/m0/s1. The largest absolute Gasteiger partial charge is 0.481 e. The number of alkyl carbamates (subject to hydrolysis) is 1. The molecule has 2 atom stereocenters. The Balaban J connectivity index is 4.09. The summed E-state index contributed by atoms with van der Waals surface area (Å²) in [5.74, 6) is -3.11. The minimum atomic E-state index is -1.31. The van der Waals surface area contributed by atoms with E-state index in [-0.39, 0.29) is 12.8 Å². The van der Waals surface area contributed by atoms with Gasteiger partial charge in [-0.1, -0.05) is 0 Å². The van der Waals surface area contributed by atoms with Gasteiger partial charge < -0.3 is 31.3 Å². The van der Waals surface area contributed by atoms with E-state index in [1.165, 1.54) is 0 Å². The molecule has 0 aromatic rings. The lowest BCUT2D eigenvalue weighted by atomic mass is 10.1. The van der Waals surface area contributed by atoms with Crippen LogP contribution < -0.4 is 16.4 Å². The minimum absolute atomic E-state index is 0.219. The smallest absolute Gasteiger partial charge is 0.407 e. The average molecular weight is 375 g/mol. The number of unbranched alkanes of at least 4 members (excludes halogenated alkanes) is 1. The van der Waals surface area contributed by atoms with Crippen molar-refractivity contribution < 1.29 is 34.1 Å². The first-order valence-electron chi connectivity index (χ1n) is 8.39. The number of carbonyl (C=O) groups is 4. The van der Waals surface area contributed by atoms with Gasteiger partial charge in [0, 0.05) is 13.0 Å². The number of aliphatic carboxylic acids is 2. The van der Waals surface area contributed by atoms with Gasteiger partial charge in [-0.15, -0.1) is 0 Å². The molecule has 0 unspecified atom stereocenters. The predicted octanol–water partition coefficient (Wildman–Crippen LogP) is 0.443. The maximum Gasteiger partial charge on any atom is 0.407 e. The predicted molar refractivity (Wildman–Crippen MR) is 92.5 cm³/mol. The molecule has 0 bridgehead atoms. The summed E-state index contributed by atoms with van der Waals surface area (Å²) in [7, 11) is 0. The first-order valence-corrected chi connectivity index (χ1v) is 8.39. The van der Waals surface area contributed by atoms with Gasteiger partial charge in [0.15, 0.2) is 0 Å². The molecule has 0 aromatic carbocycles. The second kappa shape index (κ2) is 11.3. The Morgan fingerprint density at radius 1 is 1.08 bits per heavy atom. The number of nitrogens with two attached hydrogens (primary N) is 1. The van der Waals surface area contributed by atoms with Gasteiger partial charge in [-0.2, -0.15) is 0 Å². The second-order valence-electron chi connectivity index (χ2n) is 6.86. The zero-order valence-corrected chi connectivity index (χ0v) is 15.4. The Hall–Kier alpha value is -2.36. The summed E-state index contributed by atoms with van der Waals surface area (Å²) in [5, 5.41) is 22.4. The van der Waals surface area contributed by atoms with Crippen LogP contribution in [0.4, 0.5) is 4.79 Å². The molecule has 6 N–H and O–H groups in total. The van der Waals surface area contributed by atoms with Crippen LogP contribution in [0.1, 0.15) is 52.9 Å². The molecule has 0 rings (SSSR count). The number of nitrogens with one attached hydrogen (secondary N) is 2. The monoisotopic (exact) mass is 375 g/mol. The molecule has 0 spiro atoms. The summed E-state index contributed by atoms with van der Waals surface area (Å²) < 4.78 is 5.07.